The lowest BCUT2D eigenvalue weighted by molar-refractivity contribution is -0.384. The molecule has 0 saturated carbocycles. The Morgan fingerprint density at radius 2 is 1.59 bits per heavy atom. The fourth-order valence-electron chi connectivity index (χ4n) is 2.78. The first kappa shape index (κ1) is 20.3. The summed E-state index contributed by atoms with van der Waals surface area (Å²) in [5.74, 6) is 0.437. The first-order valence-corrected chi connectivity index (χ1v) is 9.26. The van der Waals surface area contributed by atoms with Crippen LogP contribution in [-0.4, -0.2) is 18.0 Å². The minimum absolute atomic E-state index is 0.0701. The summed E-state index contributed by atoms with van der Waals surface area (Å²) in [6.45, 7) is 2.13. The van der Waals surface area contributed by atoms with Gasteiger partial charge in [0.25, 0.3) is 5.69 Å². The zero-order valence-corrected chi connectivity index (χ0v) is 15.8. The fraction of sp³-hybridized carbons (Fsp3) is 0.182. The highest BCUT2D eigenvalue weighted by Crippen LogP contribution is 2.20. The van der Waals surface area contributed by atoms with Crippen molar-refractivity contribution >= 4 is 11.4 Å². The van der Waals surface area contributed by atoms with Crippen molar-refractivity contribution in [3.8, 4) is 5.75 Å². The first-order valence-electron chi connectivity index (χ1n) is 9.26. The lowest BCUT2D eigenvalue weighted by Gasteiger charge is -2.13. The zero-order valence-electron chi connectivity index (χ0n) is 15.8. The van der Waals surface area contributed by atoms with Crippen LogP contribution in [0, 0.1) is 15.9 Å². The molecule has 3 aromatic rings. The maximum atomic E-state index is 13.7. The van der Waals surface area contributed by atoms with E-state index >= 15 is 0 Å². The van der Waals surface area contributed by atoms with Gasteiger partial charge in [-0.25, -0.2) is 4.39 Å². The normalized spacial score (nSPS) is 10.5. The molecule has 0 bridgehead atoms. The Balaban J connectivity index is 1.45. The number of rotatable bonds is 10. The van der Waals surface area contributed by atoms with Crippen molar-refractivity contribution in [2.75, 3.05) is 18.4 Å². The van der Waals surface area contributed by atoms with E-state index in [0.29, 0.717) is 30.9 Å². The Morgan fingerprint density at radius 1 is 0.897 bits per heavy atom. The molecule has 6 nitrogen and oxygen atoms in total. The van der Waals surface area contributed by atoms with Gasteiger partial charge in [-0.15, -0.1) is 0 Å². The summed E-state index contributed by atoms with van der Waals surface area (Å²) < 4.78 is 19.6. The Labute approximate surface area is 168 Å². The Hall–Kier alpha value is -3.45. The monoisotopic (exact) mass is 395 g/mol. The minimum atomic E-state index is -0.420. The van der Waals surface area contributed by atoms with Crippen LogP contribution in [0.2, 0.25) is 0 Å². The van der Waals surface area contributed by atoms with E-state index in [1.165, 1.54) is 18.2 Å². The number of para-hydroxylation sites is 1. The van der Waals surface area contributed by atoms with Gasteiger partial charge < -0.3 is 15.4 Å². The smallest absolute Gasteiger partial charge is 0.269 e. The van der Waals surface area contributed by atoms with Crippen molar-refractivity contribution in [1.29, 1.82) is 0 Å². The molecule has 0 aromatic heterocycles. The lowest BCUT2D eigenvalue weighted by atomic mass is 10.2. The van der Waals surface area contributed by atoms with Crippen molar-refractivity contribution in [2.24, 2.45) is 0 Å². The molecule has 3 aromatic carbocycles. The van der Waals surface area contributed by atoms with E-state index in [2.05, 4.69) is 10.6 Å². The van der Waals surface area contributed by atoms with Gasteiger partial charge in [0, 0.05) is 48.6 Å². The maximum Gasteiger partial charge on any atom is 0.269 e. The van der Waals surface area contributed by atoms with Crippen molar-refractivity contribution in [1.82, 2.24) is 5.32 Å². The molecule has 0 fully saturated rings. The summed E-state index contributed by atoms with van der Waals surface area (Å²) in [6.07, 6.45) is 0. The SMILES string of the molecule is O=[N+]([O-])c1ccc(NCCNCc2ccccc2OCc2ccccc2F)cc1. The molecule has 0 aliphatic rings. The molecule has 2 N–H and O–H groups in total. The van der Waals surface area contributed by atoms with Crippen LogP contribution in [-0.2, 0) is 13.2 Å². The molecular formula is C22H22FN3O3. The zero-order chi connectivity index (χ0) is 20.5. The van der Waals surface area contributed by atoms with E-state index in [0.717, 1.165) is 11.3 Å². The third-order valence-corrected chi connectivity index (χ3v) is 4.34. The van der Waals surface area contributed by atoms with E-state index in [1.54, 1.807) is 30.3 Å². The molecule has 0 aliphatic carbocycles. The van der Waals surface area contributed by atoms with E-state index in [9.17, 15) is 14.5 Å². The van der Waals surface area contributed by atoms with Crippen LogP contribution in [0.4, 0.5) is 15.8 Å². The molecular weight excluding hydrogens is 373 g/mol. The maximum absolute atomic E-state index is 13.7. The highest BCUT2D eigenvalue weighted by Gasteiger charge is 2.06. The van der Waals surface area contributed by atoms with Crippen molar-refractivity contribution < 1.29 is 14.1 Å². The lowest BCUT2D eigenvalue weighted by Crippen LogP contribution is -2.22. The second kappa shape index (κ2) is 10.2. The second-order valence-electron chi connectivity index (χ2n) is 6.40. The first-order chi connectivity index (χ1) is 14.1. The number of ether oxygens (including phenoxy) is 1. The Kier molecular flexibility index (Phi) is 7.13. The molecule has 0 spiro atoms. The number of anilines is 1. The molecule has 0 aliphatic heterocycles. The fourth-order valence-corrected chi connectivity index (χ4v) is 2.78. The molecule has 0 unspecified atom stereocenters. The topological polar surface area (TPSA) is 76.4 Å². The highest BCUT2D eigenvalue weighted by atomic mass is 19.1. The summed E-state index contributed by atoms with van der Waals surface area (Å²) in [5, 5.41) is 17.2. The molecule has 0 saturated heterocycles. The van der Waals surface area contributed by atoms with Gasteiger partial charge in [0.1, 0.15) is 18.2 Å². The summed E-state index contributed by atoms with van der Waals surface area (Å²) in [4.78, 5) is 10.2. The minimum Gasteiger partial charge on any atom is -0.488 e. The van der Waals surface area contributed by atoms with Crippen LogP contribution in [0.1, 0.15) is 11.1 Å². The number of halogens is 1. The number of benzene rings is 3. The van der Waals surface area contributed by atoms with Gasteiger partial charge in [0.05, 0.1) is 4.92 Å². The predicted octanol–water partition coefficient (Wildman–Crippen LogP) is 4.51. The average molecular weight is 395 g/mol. The van der Waals surface area contributed by atoms with Crippen LogP contribution in [0.5, 0.6) is 5.75 Å². The largest absolute Gasteiger partial charge is 0.488 e. The van der Waals surface area contributed by atoms with Gasteiger partial charge in [0.15, 0.2) is 0 Å². The van der Waals surface area contributed by atoms with Crippen LogP contribution in [0.25, 0.3) is 0 Å². The number of hydrogen-bond donors (Lipinski definition) is 2. The van der Waals surface area contributed by atoms with E-state index in [1.807, 2.05) is 24.3 Å². The summed E-state index contributed by atoms with van der Waals surface area (Å²) in [5.41, 5.74) is 2.40. The van der Waals surface area contributed by atoms with Gasteiger partial charge >= 0.3 is 0 Å². The standard InChI is InChI=1S/C22H22FN3O3/c23-21-7-3-1-6-18(21)16-29-22-8-4-2-5-17(22)15-24-13-14-25-19-9-11-20(12-10-19)26(27)28/h1-12,24-25H,13-16H2. The van der Waals surface area contributed by atoms with Crippen LogP contribution < -0.4 is 15.4 Å². The summed E-state index contributed by atoms with van der Waals surface area (Å²) in [7, 11) is 0. The molecule has 0 amide bonds. The number of nitro groups is 1. The van der Waals surface area contributed by atoms with Crippen LogP contribution >= 0.6 is 0 Å². The van der Waals surface area contributed by atoms with Crippen molar-refractivity contribution in [3.05, 3.63) is 99.9 Å². The number of nitro benzene ring substituents is 1. The number of hydrogen-bond acceptors (Lipinski definition) is 5. The third-order valence-electron chi connectivity index (χ3n) is 4.34. The van der Waals surface area contributed by atoms with Crippen molar-refractivity contribution in [2.45, 2.75) is 13.2 Å². The predicted molar refractivity (Wildman–Crippen MR) is 110 cm³/mol. The van der Waals surface area contributed by atoms with Gasteiger partial charge in [-0.3, -0.25) is 10.1 Å². The number of nitrogens with zero attached hydrogens (tertiary/aromatic N) is 1. The van der Waals surface area contributed by atoms with Gasteiger partial charge in [-0.1, -0.05) is 36.4 Å². The number of nitrogens with one attached hydrogen (secondary N) is 2. The van der Waals surface area contributed by atoms with E-state index in [-0.39, 0.29) is 18.1 Å². The van der Waals surface area contributed by atoms with Gasteiger partial charge in [-0.2, -0.15) is 0 Å². The molecule has 7 heteroatoms. The Bertz CT molecular complexity index is 948. The quantitative estimate of drug-likeness (QED) is 0.300. The summed E-state index contributed by atoms with van der Waals surface area (Å²) >= 11 is 0. The molecule has 150 valence electrons. The van der Waals surface area contributed by atoms with Gasteiger partial charge in [-0.05, 0) is 24.3 Å². The molecule has 0 atom stereocenters. The van der Waals surface area contributed by atoms with E-state index < -0.39 is 4.92 Å². The van der Waals surface area contributed by atoms with Gasteiger partial charge in [0.2, 0.25) is 0 Å². The molecule has 29 heavy (non-hydrogen) atoms. The van der Waals surface area contributed by atoms with E-state index in [4.69, 9.17) is 4.74 Å². The summed E-state index contributed by atoms with van der Waals surface area (Å²) in [6, 6.07) is 20.5. The third kappa shape index (κ3) is 6.02. The van der Waals surface area contributed by atoms with Crippen LogP contribution in [0.15, 0.2) is 72.8 Å². The second-order valence-corrected chi connectivity index (χ2v) is 6.40. The molecule has 0 radical (unpaired) electrons. The average Bonchev–Trinajstić information content (AvgIpc) is 2.74. The Morgan fingerprint density at radius 3 is 2.31 bits per heavy atom. The number of non-ortho nitro benzene ring substituents is 1. The van der Waals surface area contributed by atoms with Crippen LogP contribution in [0.3, 0.4) is 0 Å². The van der Waals surface area contributed by atoms with Crippen molar-refractivity contribution in [3.63, 3.8) is 0 Å². The highest BCUT2D eigenvalue weighted by molar-refractivity contribution is 5.48. The molecule has 0 heterocycles. The molecule has 3 rings (SSSR count).